The lowest BCUT2D eigenvalue weighted by atomic mass is 9.86. The van der Waals surface area contributed by atoms with Crippen LogP contribution in [0.5, 0.6) is 5.75 Å². The molecule has 1 aromatic heterocycles. The molecule has 0 saturated heterocycles. The molecule has 0 aliphatic rings. The Hall–Kier alpha value is -2.69. The Balaban J connectivity index is 2.08. The van der Waals surface area contributed by atoms with Crippen LogP contribution in [0.3, 0.4) is 0 Å². The summed E-state index contributed by atoms with van der Waals surface area (Å²) in [5, 5.41) is 13.1. The van der Waals surface area contributed by atoms with E-state index in [1.165, 1.54) is 6.20 Å². The van der Waals surface area contributed by atoms with Crippen LogP contribution in [0.2, 0.25) is 0 Å². The summed E-state index contributed by atoms with van der Waals surface area (Å²) in [5.41, 5.74) is 2.22. The molecule has 2 aromatic rings. The third-order valence-electron chi connectivity index (χ3n) is 4.29. The van der Waals surface area contributed by atoms with Crippen molar-refractivity contribution in [1.82, 2.24) is 10.3 Å². The number of nitrogens with one attached hydrogen (secondary N) is 1. The van der Waals surface area contributed by atoms with Crippen molar-refractivity contribution in [3.8, 4) is 5.75 Å². The number of aromatic hydroxyl groups is 1. The van der Waals surface area contributed by atoms with Gasteiger partial charge in [-0.05, 0) is 55.5 Å². The first kappa shape index (κ1) is 21.6. The molecule has 0 bridgehead atoms. The molecule has 0 aliphatic carbocycles. The monoisotopic (exact) mass is 382 g/mol. The number of carbonyl (C=O) groups is 2. The Kier molecular flexibility index (Phi) is 6.27. The number of hydrogen-bond acceptors (Lipinski definition) is 4. The van der Waals surface area contributed by atoms with Gasteiger partial charge in [0.15, 0.2) is 0 Å². The van der Waals surface area contributed by atoms with Crippen LogP contribution in [0.25, 0.3) is 0 Å². The quantitative estimate of drug-likeness (QED) is 0.820. The fourth-order valence-corrected chi connectivity index (χ4v) is 2.80. The first-order chi connectivity index (χ1) is 12.8. The van der Waals surface area contributed by atoms with Gasteiger partial charge in [0.2, 0.25) is 0 Å². The van der Waals surface area contributed by atoms with Gasteiger partial charge in [-0.3, -0.25) is 14.6 Å². The summed E-state index contributed by atoms with van der Waals surface area (Å²) < 4.78 is 0. The lowest BCUT2D eigenvalue weighted by Gasteiger charge is -2.20. The molecule has 2 rings (SSSR count). The van der Waals surface area contributed by atoms with E-state index >= 15 is 0 Å². The van der Waals surface area contributed by atoms with Crippen LogP contribution in [0.4, 0.5) is 0 Å². The Morgan fingerprint density at radius 2 is 1.68 bits per heavy atom. The molecule has 0 fully saturated rings. The number of Topliss-reactive ketones (excluding diaryl/α,β-unsaturated/α-hetero) is 1. The molecular weight excluding hydrogens is 352 g/mol. The number of carbonyl (C=O) groups excluding carboxylic acids is 2. The molecule has 1 heterocycles. The lowest BCUT2D eigenvalue weighted by Crippen LogP contribution is -2.40. The van der Waals surface area contributed by atoms with E-state index in [0.29, 0.717) is 5.56 Å². The van der Waals surface area contributed by atoms with Crippen LogP contribution in [0.1, 0.15) is 68.7 Å². The van der Waals surface area contributed by atoms with Gasteiger partial charge in [-0.25, -0.2) is 0 Å². The van der Waals surface area contributed by atoms with Crippen LogP contribution in [0.15, 0.2) is 36.5 Å². The van der Waals surface area contributed by atoms with Crippen LogP contribution in [0, 0.1) is 0 Å². The van der Waals surface area contributed by atoms with Crippen molar-refractivity contribution in [2.75, 3.05) is 0 Å². The molecule has 150 valence electrons. The smallest absolute Gasteiger partial charge is 0.270 e. The Morgan fingerprint density at radius 1 is 1.00 bits per heavy atom. The van der Waals surface area contributed by atoms with Gasteiger partial charge in [-0.15, -0.1) is 0 Å². The fraction of sp³-hybridized carbons (Fsp3) is 0.435. The van der Waals surface area contributed by atoms with Gasteiger partial charge in [0.25, 0.3) is 5.91 Å². The summed E-state index contributed by atoms with van der Waals surface area (Å²) in [6, 6.07) is 8.85. The van der Waals surface area contributed by atoms with Gasteiger partial charge in [0, 0.05) is 30.1 Å². The topological polar surface area (TPSA) is 79.3 Å². The van der Waals surface area contributed by atoms with Crippen LogP contribution < -0.4 is 5.32 Å². The lowest BCUT2D eigenvalue weighted by molar-refractivity contribution is -0.117. The average Bonchev–Trinajstić information content (AvgIpc) is 2.54. The minimum atomic E-state index is -0.360. The summed E-state index contributed by atoms with van der Waals surface area (Å²) in [4.78, 5) is 28.8. The number of benzene rings is 1. The van der Waals surface area contributed by atoms with E-state index in [1.54, 1.807) is 18.2 Å². The van der Waals surface area contributed by atoms with E-state index in [2.05, 4.69) is 31.1 Å². The molecule has 0 radical (unpaired) electrons. The van der Waals surface area contributed by atoms with Crippen molar-refractivity contribution >= 4 is 11.7 Å². The number of pyridine rings is 1. The summed E-state index contributed by atoms with van der Waals surface area (Å²) in [7, 11) is 0. The number of rotatable bonds is 5. The van der Waals surface area contributed by atoms with Crippen molar-refractivity contribution in [3.05, 3.63) is 58.9 Å². The molecule has 0 saturated carbocycles. The number of nitrogens with zero attached hydrogens (tertiary/aromatic N) is 1. The molecule has 2 N–H and O–H groups in total. The van der Waals surface area contributed by atoms with Crippen molar-refractivity contribution in [1.29, 1.82) is 0 Å². The van der Waals surface area contributed by atoms with Crippen molar-refractivity contribution in [3.63, 3.8) is 0 Å². The van der Waals surface area contributed by atoms with E-state index < -0.39 is 0 Å². The minimum absolute atomic E-state index is 0.0350. The number of phenols is 1. The van der Waals surface area contributed by atoms with Crippen molar-refractivity contribution in [2.45, 2.75) is 65.3 Å². The highest BCUT2D eigenvalue weighted by Gasteiger charge is 2.18. The summed E-state index contributed by atoms with van der Waals surface area (Å²) in [6.07, 6.45) is 1.86. The van der Waals surface area contributed by atoms with Crippen LogP contribution >= 0.6 is 0 Å². The second-order valence-corrected chi connectivity index (χ2v) is 9.24. The first-order valence-corrected chi connectivity index (χ1v) is 9.47. The predicted molar refractivity (Wildman–Crippen MR) is 111 cm³/mol. The third kappa shape index (κ3) is 6.19. The SMILES string of the molecule is CC(C)(C)NC(=O)c1cc(CC(=O)Cc2ccc(C(C)(C)C)cc2O)ccn1. The molecule has 0 spiro atoms. The minimum Gasteiger partial charge on any atom is -0.508 e. The third-order valence-corrected chi connectivity index (χ3v) is 4.29. The standard InChI is InChI=1S/C23H30N2O3/c1-22(2,3)17-8-7-16(20(27)14-17)13-18(26)11-15-9-10-24-19(12-15)21(28)25-23(4,5)6/h7-10,12,14,27H,11,13H2,1-6H3,(H,25,28). The predicted octanol–water partition coefficient (Wildman–Crippen LogP) is 3.97. The number of ketones is 1. The normalized spacial score (nSPS) is 11.9. The highest BCUT2D eigenvalue weighted by molar-refractivity contribution is 5.93. The Morgan fingerprint density at radius 3 is 2.25 bits per heavy atom. The second-order valence-electron chi connectivity index (χ2n) is 9.24. The summed E-state index contributed by atoms with van der Waals surface area (Å²) in [5.74, 6) is -0.162. The maximum absolute atomic E-state index is 12.5. The molecule has 0 aliphatic heterocycles. The molecule has 0 unspecified atom stereocenters. The highest BCUT2D eigenvalue weighted by Crippen LogP contribution is 2.28. The molecule has 0 atom stereocenters. The molecule has 5 heteroatoms. The van der Waals surface area contributed by atoms with E-state index in [0.717, 1.165) is 11.1 Å². The number of hydrogen-bond donors (Lipinski definition) is 2. The van der Waals surface area contributed by atoms with E-state index in [9.17, 15) is 14.7 Å². The Labute approximate surface area is 167 Å². The zero-order valence-corrected chi connectivity index (χ0v) is 17.6. The van der Waals surface area contributed by atoms with Crippen LogP contribution in [-0.4, -0.2) is 27.3 Å². The summed E-state index contributed by atoms with van der Waals surface area (Å²) >= 11 is 0. The summed E-state index contributed by atoms with van der Waals surface area (Å²) in [6.45, 7) is 11.9. The molecular formula is C23H30N2O3. The van der Waals surface area contributed by atoms with Gasteiger partial charge in [0.05, 0.1) is 0 Å². The maximum atomic E-state index is 12.5. The second kappa shape index (κ2) is 8.13. The van der Waals surface area contributed by atoms with Gasteiger partial charge in [0.1, 0.15) is 17.2 Å². The van der Waals surface area contributed by atoms with Gasteiger partial charge >= 0.3 is 0 Å². The van der Waals surface area contributed by atoms with E-state index in [1.807, 2.05) is 32.9 Å². The number of amides is 1. The molecule has 5 nitrogen and oxygen atoms in total. The first-order valence-electron chi connectivity index (χ1n) is 9.47. The van der Waals surface area contributed by atoms with Crippen LogP contribution in [-0.2, 0) is 23.1 Å². The van der Waals surface area contributed by atoms with Gasteiger partial charge < -0.3 is 10.4 Å². The number of phenolic OH excluding ortho intramolecular Hbond substituents is 1. The van der Waals surface area contributed by atoms with E-state index in [-0.39, 0.29) is 46.9 Å². The highest BCUT2D eigenvalue weighted by atomic mass is 16.3. The number of aromatic nitrogens is 1. The van der Waals surface area contributed by atoms with Gasteiger partial charge in [-0.2, -0.15) is 0 Å². The zero-order valence-electron chi connectivity index (χ0n) is 17.6. The molecule has 28 heavy (non-hydrogen) atoms. The molecule has 1 aromatic carbocycles. The van der Waals surface area contributed by atoms with Crippen molar-refractivity contribution in [2.24, 2.45) is 0 Å². The molecule has 1 amide bonds. The van der Waals surface area contributed by atoms with Crippen molar-refractivity contribution < 1.29 is 14.7 Å². The average molecular weight is 383 g/mol. The van der Waals surface area contributed by atoms with Gasteiger partial charge in [-0.1, -0.05) is 32.9 Å². The maximum Gasteiger partial charge on any atom is 0.270 e. The zero-order chi connectivity index (χ0) is 21.1. The fourth-order valence-electron chi connectivity index (χ4n) is 2.80. The largest absolute Gasteiger partial charge is 0.508 e. The Bertz CT molecular complexity index is 874. The van der Waals surface area contributed by atoms with E-state index in [4.69, 9.17) is 0 Å².